The first-order valence-corrected chi connectivity index (χ1v) is 9.98. The van der Waals surface area contributed by atoms with Gasteiger partial charge in [0, 0.05) is 43.5 Å². The molecule has 28 heavy (non-hydrogen) atoms. The summed E-state index contributed by atoms with van der Waals surface area (Å²) in [4.78, 5) is 28.4. The van der Waals surface area contributed by atoms with E-state index in [1.807, 2.05) is 47.2 Å². The fourth-order valence-corrected chi connectivity index (χ4v) is 3.52. The first-order valence-electron chi connectivity index (χ1n) is 9.98. The lowest BCUT2D eigenvalue weighted by Gasteiger charge is -2.28. The van der Waals surface area contributed by atoms with Crippen LogP contribution in [0.25, 0.3) is 6.08 Å². The predicted octanol–water partition coefficient (Wildman–Crippen LogP) is 2.78. The molecule has 6 heteroatoms. The second-order valence-electron chi connectivity index (χ2n) is 7.25. The average molecular weight is 380 g/mol. The summed E-state index contributed by atoms with van der Waals surface area (Å²) >= 11 is 0. The van der Waals surface area contributed by atoms with Gasteiger partial charge in [-0.15, -0.1) is 0 Å². The first kappa shape index (κ1) is 19.9. The van der Waals surface area contributed by atoms with Gasteiger partial charge in [-0.2, -0.15) is 0 Å². The summed E-state index contributed by atoms with van der Waals surface area (Å²) in [6.07, 6.45) is 13.1. The summed E-state index contributed by atoms with van der Waals surface area (Å²) in [7, 11) is 0. The number of aromatic nitrogens is 2. The third-order valence-electron chi connectivity index (χ3n) is 5.12. The Bertz CT molecular complexity index is 763. The van der Waals surface area contributed by atoms with E-state index in [1.165, 1.54) is 0 Å². The van der Waals surface area contributed by atoms with Crippen LogP contribution in [-0.2, 0) is 16.1 Å². The molecule has 0 aliphatic heterocycles. The first-order chi connectivity index (χ1) is 13.7. The minimum Gasteiger partial charge on any atom is -0.356 e. The minimum atomic E-state index is -0.0729. The fraction of sp³-hybridized carbons (Fsp3) is 0.409. The van der Waals surface area contributed by atoms with Crippen LogP contribution in [0.3, 0.4) is 0 Å². The molecule has 2 aromatic rings. The summed E-state index contributed by atoms with van der Waals surface area (Å²) in [6, 6.07) is 9.92. The number of amides is 2. The second-order valence-corrected chi connectivity index (χ2v) is 7.25. The lowest BCUT2D eigenvalue weighted by atomic mass is 9.85. The van der Waals surface area contributed by atoms with E-state index < -0.39 is 0 Å². The van der Waals surface area contributed by atoms with Crippen LogP contribution in [0, 0.1) is 5.92 Å². The summed E-state index contributed by atoms with van der Waals surface area (Å²) in [5.74, 6) is 0.122. The van der Waals surface area contributed by atoms with Crippen LogP contribution in [0.15, 0.2) is 55.1 Å². The largest absolute Gasteiger partial charge is 0.356 e. The van der Waals surface area contributed by atoms with E-state index in [2.05, 4.69) is 15.6 Å². The summed E-state index contributed by atoms with van der Waals surface area (Å²) in [5.41, 5.74) is 1.01. The van der Waals surface area contributed by atoms with Crippen molar-refractivity contribution in [3.8, 4) is 0 Å². The molecule has 1 aromatic carbocycles. The number of imidazole rings is 1. The van der Waals surface area contributed by atoms with Crippen molar-refractivity contribution in [3.63, 3.8) is 0 Å². The molecule has 3 rings (SSSR count). The van der Waals surface area contributed by atoms with Gasteiger partial charge < -0.3 is 15.2 Å². The quantitative estimate of drug-likeness (QED) is 0.546. The molecule has 1 heterocycles. The lowest BCUT2D eigenvalue weighted by molar-refractivity contribution is -0.126. The van der Waals surface area contributed by atoms with Crippen molar-refractivity contribution in [1.29, 1.82) is 0 Å². The van der Waals surface area contributed by atoms with E-state index in [0.717, 1.165) is 44.2 Å². The van der Waals surface area contributed by atoms with Crippen LogP contribution in [0.5, 0.6) is 0 Å². The molecule has 0 saturated heterocycles. The Morgan fingerprint density at radius 3 is 2.64 bits per heavy atom. The van der Waals surface area contributed by atoms with E-state index in [0.29, 0.717) is 6.54 Å². The topological polar surface area (TPSA) is 76.0 Å². The van der Waals surface area contributed by atoms with Crippen molar-refractivity contribution >= 4 is 17.9 Å². The third kappa shape index (κ3) is 6.37. The molecular weight excluding hydrogens is 352 g/mol. The standard InChI is InChI=1S/C22H28N4O2/c27-21(12-7-18-5-2-1-3-6-18)25-20-10-8-19(9-11-20)22(28)24-13-4-15-26-16-14-23-17-26/h1-3,5-7,12,14,16-17,19-20H,4,8-11,13,15H2,(H,24,28)(H,25,27). The minimum absolute atomic E-state index is 0.0567. The van der Waals surface area contributed by atoms with Gasteiger partial charge in [0.1, 0.15) is 0 Å². The number of rotatable bonds is 8. The van der Waals surface area contributed by atoms with Crippen LogP contribution in [0.2, 0.25) is 0 Å². The molecule has 6 nitrogen and oxygen atoms in total. The molecule has 2 N–H and O–H groups in total. The molecule has 148 valence electrons. The Morgan fingerprint density at radius 1 is 1.14 bits per heavy atom. The summed E-state index contributed by atoms with van der Waals surface area (Å²) in [5, 5.41) is 6.09. The number of aryl methyl sites for hydroxylation is 1. The van der Waals surface area contributed by atoms with E-state index in [1.54, 1.807) is 18.6 Å². The number of nitrogens with one attached hydrogen (secondary N) is 2. The van der Waals surface area contributed by atoms with E-state index in [-0.39, 0.29) is 23.8 Å². The highest BCUT2D eigenvalue weighted by atomic mass is 16.2. The Hall–Kier alpha value is -2.89. The van der Waals surface area contributed by atoms with Crippen LogP contribution in [0.1, 0.15) is 37.7 Å². The van der Waals surface area contributed by atoms with E-state index in [4.69, 9.17) is 0 Å². The van der Waals surface area contributed by atoms with Gasteiger partial charge in [0.05, 0.1) is 6.33 Å². The molecule has 1 aliphatic rings. The Kier molecular flexibility index (Phi) is 7.41. The smallest absolute Gasteiger partial charge is 0.244 e. The maximum absolute atomic E-state index is 12.3. The zero-order valence-electron chi connectivity index (χ0n) is 16.1. The van der Waals surface area contributed by atoms with Gasteiger partial charge in [0.25, 0.3) is 0 Å². The van der Waals surface area contributed by atoms with Gasteiger partial charge >= 0.3 is 0 Å². The lowest BCUT2D eigenvalue weighted by Crippen LogP contribution is -2.40. The fourth-order valence-electron chi connectivity index (χ4n) is 3.52. The van der Waals surface area contributed by atoms with Crippen molar-refractivity contribution in [1.82, 2.24) is 20.2 Å². The highest BCUT2D eigenvalue weighted by Crippen LogP contribution is 2.24. The van der Waals surface area contributed by atoms with Gasteiger partial charge in [-0.3, -0.25) is 9.59 Å². The van der Waals surface area contributed by atoms with Crippen molar-refractivity contribution in [2.24, 2.45) is 5.92 Å². The molecule has 0 unspecified atom stereocenters. The SMILES string of the molecule is O=C(C=Cc1ccccc1)NC1CCC(C(=O)NCCCn2ccnc2)CC1. The van der Waals surface area contributed by atoms with Gasteiger partial charge in [-0.1, -0.05) is 30.3 Å². The van der Waals surface area contributed by atoms with Crippen LogP contribution in [-0.4, -0.2) is 34.0 Å². The number of hydrogen-bond donors (Lipinski definition) is 2. The molecular formula is C22H28N4O2. The molecule has 1 aromatic heterocycles. The van der Waals surface area contributed by atoms with Crippen LogP contribution >= 0.6 is 0 Å². The zero-order chi connectivity index (χ0) is 19.6. The Balaban J connectivity index is 1.31. The summed E-state index contributed by atoms with van der Waals surface area (Å²) in [6.45, 7) is 1.54. The molecule has 1 saturated carbocycles. The van der Waals surface area contributed by atoms with E-state index in [9.17, 15) is 9.59 Å². The third-order valence-corrected chi connectivity index (χ3v) is 5.12. The van der Waals surface area contributed by atoms with Gasteiger partial charge in [-0.05, 0) is 43.7 Å². The number of carbonyl (C=O) groups excluding carboxylic acids is 2. The van der Waals surface area contributed by atoms with E-state index >= 15 is 0 Å². The van der Waals surface area contributed by atoms with Crippen molar-refractivity contribution in [2.45, 2.75) is 44.7 Å². The summed E-state index contributed by atoms with van der Waals surface area (Å²) < 4.78 is 2.01. The second kappa shape index (κ2) is 10.4. The average Bonchev–Trinajstić information content (AvgIpc) is 3.24. The van der Waals surface area contributed by atoms with Crippen LogP contribution in [0.4, 0.5) is 0 Å². The number of nitrogens with zero attached hydrogens (tertiary/aromatic N) is 2. The van der Waals surface area contributed by atoms with Crippen molar-refractivity contribution < 1.29 is 9.59 Å². The predicted molar refractivity (Wildman–Crippen MR) is 109 cm³/mol. The van der Waals surface area contributed by atoms with Gasteiger partial charge in [0.2, 0.25) is 11.8 Å². The monoisotopic (exact) mass is 380 g/mol. The van der Waals surface area contributed by atoms with Crippen molar-refractivity contribution in [3.05, 3.63) is 60.7 Å². The molecule has 0 radical (unpaired) electrons. The number of carbonyl (C=O) groups is 2. The maximum Gasteiger partial charge on any atom is 0.244 e. The highest BCUT2D eigenvalue weighted by Gasteiger charge is 2.26. The number of hydrogen-bond acceptors (Lipinski definition) is 3. The molecule has 0 atom stereocenters. The molecule has 0 spiro atoms. The van der Waals surface area contributed by atoms with Crippen molar-refractivity contribution in [2.75, 3.05) is 6.54 Å². The van der Waals surface area contributed by atoms with Gasteiger partial charge in [-0.25, -0.2) is 4.98 Å². The zero-order valence-corrected chi connectivity index (χ0v) is 16.1. The molecule has 2 amide bonds. The van der Waals surface area contributed by atoms with Crippen LogP contribution < -0.4 is 10.6 Å². The highest BCUT2D eigenvalue weighted by molar-refractivity contribution is 5.91. The van der Waals surface area contributed by atoms with Gasteiger partial charge in [0.15, 0.2) is 0 Å². The normalized spacial score (nSPS) is 19.4. The molecule has 1 fully saturated rings. The Labute approximate surface area is 166 Å². The Morgan fingerprint density at radius 2 is 1.93 bits per heavy atom. The maximum atomic E-state index is 12.3. The number of benzene rings is 1. The molecule has 0 bridgehead atoms. The molecule has 1 aliphatic carbocycles.